The Morgan fingerprint density at radius 3 is 2.58 bits per heavy atom. The average Bonchev–Trinajstić information content (AvgIpc) is 2.40. The van der Waals surface area contributed by atoms with Crippen molar-refractivity contribution in [1.82, 2.24) is 4.98 Å². The second-order valence-corrected chi connectivity index (χ2v) is 6.16. The number of carboxylic acids is 1. The van der Waals surface area contributed by atoms with Crippen LogP contribution in [0.3, 0.4) is 0 Å². The molecule has 0 unspecified atom stereocenters. The van der Waals surface area contributed by atoms with Gasteiger partial charge in [-0.2, -0.15) is 0 Å². The van der Waals surface area contributed by atoms with E-state index in [1.165, 1.54) is 0 Å². The van der Waals surface area contributed by atoms with Crippen LogP contribution in [0.15, 0.2) is 24.4 Å². The maximum Gasteiger partial charge on any atom is 0.310 e. The summed E-state index contributed by atoms with van der Waals surface area (Å²) in [6, 6.07) is 5.73. The van der Waals surface area contributed by atoms with Gasteiger partial charge in [-0.1, -0.05) is 19.9 Å². The van der Waals surface area contributed by atoms with Crippen molar-refractivity contribution in [2.75, 3.05) is 0 Å². The second kappa shape index (κ2) is 5.72. The topological polar surface area (TPSA) is 50.2 Å². The van der Waals surface area contributed by atoms with Crippen LogP contribution in [0.5, 0.6) is 0 Å². The minimum absolute atomic E-state index is 0.563. The standard InChI is InChI=1S/C16H23NO2/c1-12(2)13-6-8-16(9-7-13,15(18)19)11-14-5-3-4-10-17-14/h3-5,10,12-13H,6-9,11H2,1-2H3,(H,18,19). The number of aliphatic carboxylic acids is 1. The van der Waals surface area contributed by atoms with Crippen LogP contribution in [-0.4, -0.2) is 16.1 Å². The van der Waals surface area contributed by atoms with Crippen molar-refractivity contribution in [2.24, 2.45) is 17.3 Å². The molecule has 1 aliphatic rings. The van der Waals surface area contributed by atoms with Crippen molar-refractivity contribution >= 4 is 5.97 Å². The number of carboxylic acid groups (broad SMARTS) is 1. The van der Waals surface area contributed by atoms with Crippen molar-refractivity contribution < 1.29 is 9.90 Å². The number of nitrogens with zero attached hydrogens (tertiary/aromatic N) is 1. The lowest BCUT2D eigenvalue weighted by atomic mass is 9.66. The molecule has 104 valence electrons. The second-order valence-electron chi connectivity index (χ2n) is 6.16. The molecule has 1 N–H and O–H groups in total. The largest absolute Gasteiger partial charge is 0.481 e. The highest BCUT2D eigenvalue weighted by Gasteiger charge is 2.42. The molecule has 3 nitrogen and oxygen atoms in total. The third-order valence-electron chi connectivity index (χ3n) is 4.63. The van der Waals surface area contributed by atoms with Crippen LogP contribution in [0.4, 0.5) is 0 Å². The van der Waals surface area contributed by atoms with Crippen LogP contribution >= 0.6 is 0 Å². The van der Waals surface area contributed by atoms with Crippen molar-refractivity contribution in [3.63, 3.8) is 0 Å². The fourth-order valence-corrected chi connectivity index (χ4v) is 3.18. The molecule has 1 aromatic rings. The van der Waals surface area contributed by atoms with E-state index in [-0.39, 0.29) is 0 Å². The molecule has 19 heavy (non-hydrogen) atoms. The lowest BCUT2D eigenvalue weighted by Gasteiger charge is -2.38. The van der Waals surface area contributed by atoms with E-state index >= 15 is 0 Å². The zero-order chi connectivity index (χ0) is 13.9. The number of hydrogen-bond acceptors (Lipinski definition) is 2. The molecule has 0 amide bonds. The molecule has 0 radical (unpaired) electrons. The molecule has 1 heterocycles. The maximum atomic E-state index is 11.7. The Kier molecular flexibility index (Phi) is 4.23. The Labute approximate surface area is 115 Å². The average molecular weight is 261 g/mol. The zero-order valence-corrected chi connectivity index (χ0v) is 11.8. The number of rotatable bonds is 4. The minimum Gasteiger partial charge on any atom is -0.481 e. The van der Waals surface area contributed by atoms with Crippen molar-refractivity contribution in [1.29, 1.82) is 0 Å². The summed E-state index contributed by atoms with van der Waals surface area (Å²) in [5.41, 5.74) is 0.299. The highest BCUT2D eigenvalue weighted by Crippen LogP contribution is 2.43. The van der Waals surface area contributed by atoms with Gasteiger partial charge in [-0.3, -0.25) is 9.78 Å². The summed E-state index contributed by atoms with van der Waals surface area (Å²) < 4.78 is 0. The molecule has 1 fully saturated rings. The Morgan fingerprint density at radius 1 is 1.42 bits per heavy atom. The molecule has 2 rings (SSSR count). The van der Waals surface area contributed by atoms with Gasteiger partial charge >= 0.3 is 5.97 Å². The summed E-state index contributed by atoms with van der Waals surface area (Å²) in [4.78, 5) is 16.0. The maximum absolute atomic E-state index is 11.7. The van der Waals surface area contributed by atoms with Crippen LogP contribution < -0.4 is 0 Å². The number of pyridine rings is 1. The molecule has 1 saturated carbocycles. The summed E-state index contributed by atoms with van der Waals surface area (Å²) in [6.07, 6.45) is 5.91. The molecular weight excluding hydrogens is 238 g/mol. The highest BCUT2D eigenvalue weighted by molar-refractivity contribution is 5.75. The highest BCUT2D eigenvalue weighted by atomic mass is 16.4. The van der Waals surface area contributed by atoms with E-state index in [4.69, 9.17) is 0 Å². The van der Waals surface area contributed by atoms with E-state index in [1.54, 1.807) is 6.20 Å². The van der Waals surface area contributed by atoms with Crippen LogP contribution in [0.25, 0.3) is 0 Å². The minimum atomic E-state index is -0.652. The van der Waals surface area contributed by atoms with Gasteiger partial charge in [0, 0.05) is 18.3 Å². The molecule has 0 spiro atoms. The van der Waals surface area contributed by atoms with Crippen LogP contribution in [0, 0.1) is 17.3 Å². The fourth-order valence-electron chi connectivity index (χ4n) is 3.18. The molecule has 0 aromatic carbocycles. The summed E-state index contributed by atoms with van der Waals surface area (Å²) in [6.45, 7) is 4.47. The monoisotopic (exact) mass is 261 g/mol. The summed E-state index contributed by atoms with van der Waals surface area (Å²) in [5.74, 6) is 0.679. The van der Waals surface area contributed by atoms with Gasteiger partial charge in [0.25, 0.3) is 0 Å². The van der Waals surface area contributed by atoms with Gasteiger partial charge < -0.3 is 5.11 Å². The van der Waals surface area contributed by atoms with Gasteiger partial charge in [-0.15, -0.1) is 0 Å². The Hall–Kier alpha value is -1.38. The first kappa shape index (κ1) is 14.0. The molecule has 0 aliphatic heterocycles. The molecule has 0 atom stereocenters. The number of hydrogen-bond donors (Lipinski definition) is 1. The Morgan fingerprint density at radius 2 is 2.11 bits per heavy atom. The zero-order valence-electron chi connectivity index (χ0n) is 11.8. The quantitative estimate of drug-likeness (QED) is 0.901. The first-order valence-corrected chi connectivity index (χ1v) is 7.17. The van der Waals surface area contributed by atoms with Gasteiger partial charge in [0.15, 0.2) is 0 Å². The molecule has 3 heteroatoms. The summed E-state index contributed by atoms with van der Waals surface area (Å²) in [5, 5.41) is 9.65. The van der Waals surface area contributed by atoms with Crippen molar-refractivity contribution in [3.8, 4) is 0 Å². The third-order valence-corrected chi connectivity index (χ3v) is 4.63. The van der Waals surface area contributed by atoms with Crippen LogP contribution in [0.1, 0.15) is 45.2 Å². The van der Waals surface area contributed by atoms with Crippen LogP contribution in [0.2, 0.25) is 0 Å². The molecular formula is C16H23NO2. The van der Waals surface area contributed by atoms with E-state index in [1.807, 2.05) is 18.2 Å². The third kappa shape index (κ3) is 3.14. The van der Waals surface area contributed by atoms with Gasteiger partial charge in [-0.05, 0) is 49.7 Å². The lowest BCUT2D eigenvalue weighted by molar-refractivity contribution is -0.152. The molecule has 1 aromatic heterocycles. The van der Waals surface area contributed by atoms with Gasteiger partial charge in [0.05, 0.1) is 5.41 Å². The predicted molar refractivity (Wildman–Crippen MR) is 74.8 cm³/mol. The predicted octanol–water partition coefficient (Wildman–Crippen LogP) is 3.54. The Bertz CT molecular complexity index is 420. The van der Waals surface area contributed by atoms with Crippen molar-refractivity contribution in [3.05, 3.63) is 30.1 Å². The normalized spacial score (nSPS) is 27.4. The first-order valence-electron chi connectivity index (χ1n) is 7.17. The van der Waals surface area contributed by atoms with E-state index in [0.717, 1.165) is 31.4 Å². The Balaban J connectivity index is 2.11. The van der Waals surface area contributed by atoms with Crippen LogP contribution in [-0.2, 0) is 11.2 Å². The lowest BCUT2D eigenvalue weighted by Crippen LogP contribution is -2.38. The number of aromatic nitrogens is 1. The van der Waals surface area contributed by atoms with Gasteiger partial charge in [0.1, 0.15) is 0 Å². The van der Waals surface area contributed by atoms with E-state index in [2.05, 4.69) is 18.8 Å². The fraction of sp³-hybridized carbons (Fsp3) is 0.625. The van der Waals surface area contributed by atoms with E-state index in [0.29, 0.717) is 18.3 Å². The van der Waals surface area contributed by atoms with Gasteiger partial charge in [0.2, 0.25) is 0 Å². The smallest absolute Gasteiger partial charge is 0.310 e. The summed E-state index contributed by atoms with van der Waals surface area (Å²) in [7, 11) is 0. The van der Waals surface area contributed by atoms with Gasteiger partial charge in [-0.25, -0.2) is 0 Å². The van der Waals surface area contributed by atoms with Crippen molar-refractivity contribution in [2.45, 2.75) is 46.0 Å². The molecule has 1 aliphatic carbocycles. The first-order chi connectivity index (χ1) is 9.03. The van der Waals surface area contributed by atoms with E-state index in [9.17, 15) is 9.90 Å². The molecule has 0 bridgehead atoms. The number of carbonyl (C=O) groups is 1. The molecule has 0 saturated heterocycles. The SMILES string of the molecule is CC(C)C1CCC(Cc2ccccn2)(C(=O)O)CC1. The van der Waals surface area contributed by atoms with E-state index < -0.39 is 11.4 Å². The summed E-state index contributed by atoms with van der Waals surface area (Å²) >= 11 is 0.